The molecule has 2 aromatic carbocycles. The summed E-state index contributed by atoms with van der Waals surface area (Å²) in [6.07, 6.45) is 1.12. The number of fused-ring (bicyclic) bond motifs is 1. The molecule has 144 valence electrons. The van der Waals surface area contributed by atoms with Crippen LogP contribution in [0.1, 0.15) is 29.9 Å². The lowest BCUT2D eigenvalue weighted by atomic mass is 9.91. The Balaban J connectivity index is 1.69. The number of anilines is 1. The van der Waals surface area contributed by atoms with E-state index in [0.29, 0.717) is 24.0 Å². The van der Waals surface area contributed by atoms with Gasteiger partial charge in [-0.15, -0.1) is 0 Å². The highest BCUT2D eigenvalue weighted by Gasteiger charge is 2.30. The van der Waals surface area contributed by atoms with E-state index in [-0.39, 0.29) is 22.9 Å². The Morgan fingerprint density at radius 1 is 1.22 bits per heavy atom. The van der Waals surface area contributed by atoms with Crippen molar-refractivity contribution in [3.8, 4) is 0 Å². The number of rotatable bonds is 5. The highest BCUT2D eigenvalue weighted by atomic mass is 32.2. The summed E-state index contributed by atoms with van der Waals surface area (Å²) < 4.78 is 49.6. The number of hydrogen-bond acceptors (Lipinski definition) is 4. The van der Waals surface area contributed by atoms with Crippen molar-refractivity contribution < 1.29 is 22.0 Å². The van der Waals surface area contributed by atoms with Crippen LogP contribution in [0.3, 0.4) is 0 Å². The molecule has 0 saturated heterocycles. The fourth-order valence-corrected chi connectivity index (χ4v) is 3.95. The van der Waals surface area contributed by atoms with Gasteiger partial charge in [0.25, 0.3) is 0 Å². The minimum absolute atomic E-state index is 0.0529. The number of amides is 1. The molecular weight excluding hydrogens is 376 g/mol. The summed E-state index contributed by atoms with van der Waals surface area (Å²) in [6, 6.07) is 7.30. The van der Waals surface area contributed by atoms with Crippen LogP contribution in [0, 0.1) is 11.6 Å². The number of nitrogens with two attached hydrogens (primary N) is 2. The van der Waals surface area contributed by atoms with Gasteiger partial charge in [-0.2, -0.15) is 0 Å². The standard InChI is InChI=1S/C18H19F2N3O3S/c19-15-6-10-4-5-13(14(10)8-16(15)20)17(21)9-18(24)23-11-2-1-3-12(7-11)27(22,25)26/h1-3,6-8,13,17H,4-5,9,21H2,(H,23,24)(H2,22,25,26)/t13-,17-/m0/s1. The molecule has 2 aromatic rings. The summed E-state index contributed by atoms with van der Waals surface area (Å²) in [6.45, 7) is 0. The van der Waals surface area contributed by atoms with Gasteiger partial charge in [0.2, 0.25) is 15.9 Å². The molecule has 0 radical (unpaired) electrons. The van der Waals surface area contributed by atoms with Crippen LogP contribution in [0.25, 0.3) is 0 Å². The summed E-state index contributed by atoms with van der Waals surface area (Å²) in [7, 11) is -3.88. The van der Waals surface area contributed by atoms with E-state index in [1.54, 1.807) is 0 Å². The van der Waals surface area contributed by atoms with E-state index < -0.39 is 33.6 Å². The molecule has 6 nitrogen and oxygen atoms in total. The number of sulfonamides is 1. The second kappa shape index (κ2) is 7.34. The van der Waals surface area contributed by atoms with Crippen LogP contribution in [0.5, 0.6) is 0 Å². The smallest absolute Gasteiger partial charge is 0.238 e. The third-order valence-electron chi connectivity index (χ3n) is 4.69. The van der Waals surface area contributed by atoms with E-state index in [4.69, 9.17) is 10.9 Å². The average molecular weight is 395 g/mol. The molecule has 27 heavy (non-hydrogen) atoms. The number of halogens is 2. The van der Waals surface area contributed by atoms with Crippen molar-refractivity contribution in [3.63, 3.8) is 0 Å². The van der Waals surface area contributed by atoms with Crippen LogP contribution in [0.15, 0.2) is 41.3 Å². The Morgan fingerprint density at radius 3 is 2.63 bits per heavy atom. The molecule has 0 spiro atoms. The van der Waals surface area contributed by atoms with Crippen molar-refractivity contribution in [1.29, 1.82) is 0 Å². The topological polar surface area (TPSA) is 115 Å². The highest BCUT2D eigenvalue weighted by Crippen LogP contribution is 2.37. The van der Waals surface area contributed by atoms with Gasteiger partial charge in [0.15, 0.2) is 11.6 Å². The Bertz CT molecular complexity index is 995. The SMILES string of the molecule is N[C@@H](CC(=O)Nc1cccc(S(N)(=O)=O)c1)[C@H]1CCc2cc(F)c(F)cc21. The monoisotopic (exact) mass is 395 g/mol. The number of nitrogens with one attached hydrogen (secondary N) is 1. The fraction of sp³-hybridized carbons (Fsp3) is 0.278. The first-order valence-corrected chi connectivity index (χ1v) is 9.86. The number of hydrogen-bond donors (Lipinski definition) is 3. The van der Waals surface area contributed by atoms with Crippen LogP contribution >= 0.6 is 0 Å². The number of benzene rings is 2. The molecule has 1 aliphatic rings. The van der Waals surface area contributed by atoms with Crippen molar-refractivity contribution in [2.45, 2.75) is 36.1 Å². The predicted molar refractivity (Wildman–Crippen MR) is 96.5 cm³/mol. The van der Waals surface area contributed by atoms with E-state index in [9.17, 15) is 22.0 Å². The molecule has 1 aliphatic carbocycles. The zero-order valence-corrected chi connectivity index (χ0v) is 15.1. The fourth-order valence-electron chi connectivity index (χ4n) is 3.40. The molecule has 0 aromatic heterocycles. The van der Waals surface area contributed by atoms with Crippen molar-refractivity contribution in [3.05, 3.63) is 59.2 Å². The quantitative estimate of drug-likeness (QED) is 0.718. The maximum atomic E-state index is 13.5. The summed E-state index contributed by atoms with van der Waals surface area (Å²) >= 11 is 0. The van der Waals surface area contributed by atoms with Gasteiger partial charge in [-0.3, -0.25) is 4.79 Å². The Morgan fingerprint density at radius 2 is 1.93 bits per heavy atom. The van der Waals surface area contributed by atoms with Crippen LogP contribution in [0.4, 0.5) is 14.5 Å². The molecule has 2 atom stereocenters. The molecule has 9 heteroatoms. The van der Waals surface area contributed by atoms with E-state index in [1.807, 2.05) is 0 Å². The molecular formula is C18H19F2N3O3S. The van der Waals surface area contributed by atoms with Gasteiger partial charge in [-0.05, 0) is 54.3 Å². The zero-order chi connectivity index (χ0) is 19.8. The highest BCUT2D eigenvalue weighted by molar-refractivity contribution is 7.89. The van der Waals surface area contributed by atoms with Crippen LogP contribution in [-0.2, 0) is 21.2 Å². The summed E-state index contributed by atoms with van der Waals surface area (Å²) in [5.41, 5.74) is 7.75. The Hall–Kier alpha value is -2.36. The first-order valence-electron chi connectivity index (χ1n) is 8.31. The Labute approximate surface area is 155 Å². The van der Waals surface area contributed by atoms with Crippen molar-refractivity contribution >= 4 is 21.6 Å². The number of primary sulfonamides is 1. The van der Waals surface area contributed by atoms with Crippen LogP contribution < -0.4 is 16.2 Å². The first kappa shape index (κ1) is 19.4. The van der Waals surface area contributed by atoms with Gasteiger partial charge in [0.05, 0.1) is 4.90 Å². The molecule has 0 unspecified atom stereocenters. The number of carbonyl (C=O) groups is 1. The van der Waals surface area contributed by atoms with E-state index in [1.165, 1.54) is 30.3 Å². The maximum absolute atomic E-state index is 13.5. The average Bonchev–Trinajstić information content (AvgIpc) is 2.97. The molecule has 0 saturated carbocycles. The molecule has 5 N–H and O–H groups in total. The van der Waals surface area contributed by atoms with Gasteiger partial charge in [0.1, 0.15) is 0 Å². The molecule has 0 bridgehead atoms. The lowest BCUT2D eigenvalue weighted by Gasteiger charge is -2.20. The molecule has 0 aliphatic heterocycles. The largest absolute Gasteiger partial charge is 0.327 e. The summed E-state index contributed by atoms with van der Waals surface area (Å²) in [4.78, 5) is 12.1. The number of aryl methyl sites for hydroxylation is 1. The third kappa shape index (κ3) is 4.32. The van der Waals surface area contributed by atoms with Gasteiger partial charge in [-0.1, -0.05) is 6.07 Å². The normalized spacial score (nSPS) is 17.4. The van der Waals surface area contributed by atoms with Gasteiger partial charge in [-0.25, -0.2) is 22.3 Å². The Kier molecular flexibility index (Phi) is 5.27. The first-order chi connectivity index (χ1) is 12.6. The van der Waals surface area contributed by atoms with E-state index in [2.05, 4.69) is 5.32 Å². The second-order valence-electron chi connectivity index (χ2n) is 6.60. The summed E-state index contributed by atoms with van der Waals surface area (Å²) in [5.74, 6) is -2.49. The minimum Gasteiger partial charge on any atom is -0.327 e. The van der Waals surface area contributed by atoms with Crippen molar-refractivity contribution in [1.82, 2.24) is 0 Å². The summed E-state index contributed by atoms with van der Waals surface area (Å²) in [5, 5.41) is 7.65. The van der Waals surface area contributed by atoms with Gasteiger partial charge < -0.3 is 11.1 Å². The third-order valence-corrected chi connectivity index (χ3v) is 5.60. The number of carbonyl (C=O) groups excluding carboxylic acids is 1. The van der Waals surface area contributed by atoms with Crippen molar-refractivity contribution in [2.75, 3.05) is 5.32 Å². The lowest BCUT2D eigenvalue weighted by molar-refractivity contribution is -0.116. The van der Waals surface area contributed by atoms with Crippen molar-refractivity contribution in [2.24, 2.45) is 10.9 Å². The minimum atomic E-state index is -3.88. The molecule has 0 fully saturated rings. The van der Waals surface area contributed by atoms with Gasteiger partial charge in [0, 0.05) is 24.1 Å². The van der Waals surface area contributed by atoms with E-state index in [0.717, 1.165) is 6.07 Å². The molecule has 1 amide bonds. The lowest BCUT2D eigenvalue weighted by Crippen LogP contribution is -2.32. The predicted octanol–water partition coefficient (Wildman–Crippen LogP) is 2.00. The molecule has 0 heterocycles. The van der Waals surface area contributed by atoms with E-state index >= 15 is 0 Å². The van der Waals surface area contributed by atoms with Crippen LogP contribution in [0.2, 0.25) is 0 Å². The van der Waals surface area contributed by atoms with Crippen LogP contribution in [-0.4, -0.2) is 20.4 Å². The zero-order valence-electron chi connectivity index (χ0n) is 14.3. The maximum Gasteiger partial charge on any atom is 0.238 e. The van der Waals surface area contributed by atoms with Gasteiger partial charge >= 0.3 is 0 Å². The second-order valence-corrected chi connectivity index (χ2v) is 8.16. The molecule has 3 rings (SSSR count).